The first-order valence-corrected chi connectivity index (χ1v) is 9.96. The summed E-state index contributed by atoms with van der Waals surface area (Å²) in [6.45, 7) is 5.21. The largest absolute Gasteiger partial charge is 0.497 e. The molecule has 2 rings (SSSR count). The van der Waals surface area contributed by atoms with Crippen molar-refractivity contribution in [2.45, 2.75) is 25.7 Å². The zero-order valence-corrected chi connectivity index (χ0v) is 17.4. The molecule has 0 N–H and O–H groups in total. The fourth-order valence-corrected chi connectivity index (χ4v) is 4.58. The molecule has 0 aliphatic heterocycles. The van der Waals surface area contributed by atoms with Gasteiger partial charge in [0.25, 0.3) is 0 Å². The zero-order chi connectivity index (χ0) is 20.4. The summed E-state index contributed by atoms with van der Waals surface area (Å²) >= 11 is 0. The number of sulfonamides is 1. The zero-order valence-electron chi connectivity index (χ0n) is 16.6. The van der Waals surface area contributed by atoms with Crippen LogP contribution in [-0.4, -0.2) is 46.4 Å². The number of hydrogen-bond acceptors (Lipinski definition) is 4. The Hall–Kier alpha value is -2.38. The number of carbonyl (C=O) groups is 1. The molecular formula is C20H26N2O4S. The second-order valence-electron chi connectivity index (χ2n) is 6.64. The summed E-state index contributed by atoms with van der Waals surface area (Å²) in [5.74, 6) is 0.360. The highest BCUT2D eigenvalue weighted by atomic mass is 32.2. The molecule has 0 aliphatic rings. The maximum atomic E-state index is 13.0. The number of nitrogens with zero attached hydrogens (tertiary/aromatic N) is 2. The summed E-state index contributed by atoms with van der Waals surface area (Å²) in [7, 11) is 0.838. The number of carbonyl (C=O) groups excluding carboxylic acids is 1. The first-order valence-electron chi connectivity index (χ1n) is 8.52. The van der Waals surface area contributed by atoms with Gasteiger partial charge in [0, 0.05) is 19.8 Å². The maximum Gasteiger partial charge on any atom is 0.243 e. The number of likely N-dealkylation sites (N-methyl/N-ethyl adjacent to an activating group) is 2. The summed E-state index contributed by atoms with van der Waals surface area (Å²) in [5.41, 5.74) is 3.02. The van der Waals surface area contributed by atoms with Gasteiger partial charge >= 0.3 is 0 Å². The van der Waals surface area contributed by atoms with Crippen molar-refractivity contribution in [3.8, 4) is 5.75 Å². The Labute approximate surface area is 161 Å². The molecule has 2 aromatic carbocycles. The van der Waals surface area contributed by atoms with Gasteiger partial charge in [0.2, 0.25) is 15.9 Å². The minimum absolute atomic E-state index is 0.252. The van der Waals surface area contributed by atoms with E-state index in [9.17, 15) is 13.2 Å². The van der Waals surface area contributed by atoms with Crippen molar-refractivity contribution in [3.05, 3.63) is 53.1 Å². The number of hydrogen-bond donors (Lipinski definition) is 0. The molecule has 27 heavy (non-hydrogen) atoms. The first-order chi connectivity index (χ1) is 12.6. The van der Waals surface area contributed by atoms with Crippen molar-refractivity contribution in [1.29, 1.82) is 0 Å². The number of benzene rings is 2. The van der Waals surface area contributed by atoms with Gasteiger partial charge in [-0.15, -0.1) is 0 Å². The molecule has 0 aromatic heterocycles. The lowest BCUT2D eigenvalue weighted by Gasteiger charge is -2.23. The van der Waals surface area contributed by atoms with Crippen molar-refractivity contribution >= 4 is 21.6 Å². The average molecular weight is 391 g/mol. The summed E-state index contributed by atoms with van der Waals surface area (Å²) in [6.07, 6.45) is 0. The fraction of sp³-hybridized carbons (Fsp3) is 0.350. The van der Waals surface area contributed by atoms with Crippen LogP contribution in [0.3, 0.4) is 0 Å². The SMILES string of the molecule is COc1ccc(N(C)C(=O)CN(C)S(=O)(=O)c2c(C)cc(C)cc2C)cc1. The van der Waals surface area contributed by atoms with Gasteiger partial charge in [0.15, 0.2) is 0 Å². The van der Waals surface area contributed by atoms with Crippen LogP contribution in [0.5, 0.6) is 5.75 Å². The van der Waals surface area contributed by atoms with Gasteiger partial charge in [-0.1, -0.05) is 17.7 Å². The third-order valence-corrected chi connectivity index (χ3v) is 6.57. The minimum atomic E-state index is -3.77. The molecule has 7 heteroatoms. The molecule has 0 saturated heterocycles. The van der Waals surface area contributed by atoms with E-state index in [2.05, 4.69) is 0 Å². The molecule has 0 fully saturated rings. The Morgan fingerprint density at radius 3 is 2.00 bits per heavy atom. The molecule has 0 heterocycles. The third kappa shape index (κ3) is 4.48. The van der Waals surface area contributed by atoms with Crippen molar-refractivity contribution in [2.75, 3.05) is 32.6 Å². The Bertz CT molecular complexity index is 914. The molecule has 0 radical (unpaired) electrons. The van der Waals surface area contributed by atoms with Gasteiger partial charge in [0.05, 0.1) is 18.6 Å². The summed E-state index contributed by atoms with van der Waals surface area (Å²) < 4.78 is 32.2. The first kappa shape index (κ1) is 20.9. The Morgan fingerprint density at radius 1 is 1.00 bits per heavy atom. The highest BCUT2D eigenvalue weighted by Gasteiger charge is 2.27. The van der Waals surface area contributed by atoms with Crippen LogP contribution in [0.2, 0.25) is 0 Å². The lowest BCUT2D eigenvalue weighted by atomic mass is 10.1. The molecule has 0 atom stereocenters. The Kier molecular flexibility index (Phi) is 6.28. The standard InChI is InChI=1S/C20H26N2O4S/c1-14-11-15(2)20(16(3)12-14)27(24,25)21(4)13-19(23)22(5)17-7-9-18(26-6)10-8-17/h7-12H,13H2,1-6H3. The van der Waals surface area contributed by atoms with E-state index in [4.69, 9.17) is 4.74 Å². The van der Waals surface area contributed by atoms with Gasteiger partial charge in [-0.2, -0.15) is 4.31 Å². The number of ether oxygens (including phenoxy) is 1. The monoisotopic (exact) mass is 390 g/mol. The number of amides is 1. The summed E-state index contributed by atoms with van der Waals surface area (Å²) in [5, 5.41) is 0. The van der Waals surface area contributed by atoms with Gasteiger partial charge in [-0.3, -0.25) is 4.79 Å². The van der Waals surface area contributed by atoms with Crippen LogP contribution in [0, 0.1) is 20.8 Å². The highest BCUT2D eigenvalue weighted by Crippen LogP contribution is 2.25. The molecule has 0 bridgehead atoms. The molecule has 146 valence electrons. The third-order valence-electron chi connectivity index (χ3n) is 4.46. The predicted octanol–water partition coefficient (Wildman–Crippen LogP) is 2.90. The summed E-state index contributed by atoms with van der Waals surface area (Å²) in [6, 6.07) is 10.7. The molecule has 0 spiro atoms. The van der Waals surface area contributed by atoms with Crippen LogP contribution in [0.1, 0.15) is 16.7 Å². The van der Waals surface area contributed by atoms with Crippen molar-refractivity contribution in [2.24, 2.45) is 0 Å². The molecule has 1 amide bonds. The van der Waals surface area contributed by atoms with Crippen LogP contribution in [0.15, 0.2) is 41.3 Å². The van der Waals surface area contributed by atoms with E-state index in [0.29, 0.717) is 22.6 Å². The topological polar surface area (TPSA) is 66.9 Å². The fourth-order valence-electron chi connectivity index (χ4n) is 3.06. The number of rotatable bonds is 6. The van der Waals surface area contributed by atoms with Gasteiger partial charge in [-0.05, 0) is 56.2 Å². The van der Waals surface area contributed by atoms with Crippen LogP contribution >= 0.6 is 0 Å². The normalized spacial score (nSPS) is 11.5. The Balaban J connectivity index is 2.22. The molecular weight excluding hydrogens is 364 g/mol. The van der Waals surface area contributed by atoms with E-state index in [1.165, 1.54) is 11.9 Å². The van der Waals surface area contributed by atoms with E-state index in [-0.39, 0.29) is 17.3 Å². The quantitative estimate of drug-likeness (QED) is 0.761. The van der Waals surface area contributed by atoms with E-state index < -0.39 is 10.0 Å². The van der Waals surface area contributed by atoms with E-state index in [1.807, 2.05) is 19.1 Å². The van der Waals surface area contributed by atoms with Crippen molar-refractivity contribution in [3.63, 3.8) is 0 Å². The average Bonchev–Trinajstić information content (AvgIpc) is 2.59. The second-order valence-corrected chi connectivity index (χ2v) is 8.62. The number of methoxy groups -OCH3 is 1. The number of aryl methyl sites for hydroxylation is 3. The van der Waals surface area contributed by atoms with Crippen LogP contribution < -0.4 is 9.64 Å². The molecule has 2 aromatic rings. The van der Waals surface area contributed by atoms with E-state index >= 15 is 0 Å². The lowest BCUT2D eigenvalue weighted by molar-refractivity contribution is -0.118. The number of anilines is 1. The van der Waals surface area contributed by atoms with Crippen molar-refractivity contribution in [1.82, 2.24) is 4.31 Å². The summed E-state index contributed by atoms with van der Waals surface area (Å²) in [4.78, 5) is 14.3. The molecule has 0 unspecified atom stereocenters. The van der Waals surface area contributed by atoms with Crippen molar-refractivity contribution < 1.29 is 17.9 Å². The predicted molar refractivity (Wildman–Crippen MR) is 107 cm³/mol. The second kappa shape index (κ2) is 8.10. The molecule has 0 aliphatic carbocycles. The smallest absolute Gasteiger partial charge is 0.243 e. The van der Waals surface area contributed by atoms with Gasteiger partial charge in [-0.25, -0.2) is 8.42 Å². The van der Waals surface area contributed by atoms with Crippen LogP contribution in [-0.2, 0) is 14.8 Å². The maximum absolute atomic E-state index is 13.0. The van der Waals surface area contributed by atoms with Gasteiger partial charge < -0.3 is 9.64 Å². The van der Waals surface area contributed by atoms with E-state index in [1.54, 1.807) is 52.3 Å². The van der Waals surface area contributed by atoms with Crippen LogP contribution in [0.25, 0.3) is 0 Å². The van der Waals surface area contributed by atoms with E-state index in [0.717, 1.165) is 9.87 Å². The van der Waals surface area contributed by atoms with Gasteiger partial charge in [0.1, 0.15) is 5.75 Å². The Morgan fingerprint density at radius 2 is 1.52 bits per heavy atom. The minimum Gasteiger partial charge on any atom is -0.497 e. The molecule has 6 nitrogen and oxygen atoms in total. The lowest BCUT2D eigenvalue weighted by Crippen LogP contribution is -2.39. The van der Waals surface area contributed by atoms with Crippen LogP contribution in [0.4, 0.5) is 5.69 Å². The highest BCUT2D eigenvalue weighted by molar-refractivity contribution is 7.89. The molecule has 0 saturated carbocycles.